The molecule has 1 aliphatic rings. The zero-order valence-corrected chi connectivity index (χ0v) is 21.4. The molecule has 0 atom stereocenters. The second-order valence-corrected chi connectivity index (χ2v) is 9.92. The van der Waals surface area contributed by atoms with Crippen molar-refractivity contribution < 1.29 is 23.4 Å². The first-order chi connectivity index (χ1) is 19.0. The van der Waals surface area contributed by atoms with Crippen molar-refractivity contribution in [3.8, 4) is 17.1 Å². The summed E-state index contributed by atoms with van der Waals surface area (Å²) in [6.45, 7) is 4.00. The Bertz CT molecular complexity index is 1590. The average Bonchev–Trinajstić information content (AvgIpc) is 3.46. The van der Waals surface area contributed by atoms with E-state index in [1.807, 2.05) is 79.7 Å². The molecule has 5 aromatic rings. The van der Waals surface area contributed by atoms with E-state index >= 15 is 0 Å². The minimum Gasteiger partial charge on any atom is -0.489 e. The molecule has 0 unspecified atom stereocenters. The summed E-state index contributed by atoms with van der Waals surface area (Å²) in [5, 5.41) is 4.19. The third-order valence-corrected chi connectivity index (χ3v) is 6.55. The van der Waals surface area contributed by atoms with Gasteiger partial charge in [0.1, 0.15) is 36.9 Å². The molecule has 0 spiro atoms. The fourth-order valence-electron chi connectivity index (χ4n) is 4.27. The van der Waals surface area contributed by atoms with Gasteiger partial charge >= 0.3 is 5.97 Å². The number of ether oxygens (including phenoxy) is 3. The molecule has 0 radical (unpaired) electrons. The van der Waals surface area contributed by atoms with Gasteiger partial charge in [-0.15, -0.1) is 0 Å². The molecule has 39 heavy (non-hydrogen) atoms. The van der Waals surface area contributed by atoms with Crippen LogP contribution in [0.25, 0.3) is 22.2 Å². The van der Waals surface area contributed by atoms with E-state index in [4.69, 9.17) is 18.6 Å². The van der Waals surface area contributed by atoms with E-state index in [0.29, 0.717) is 38.0 Å². The lowest BCUT2D eigenvalue weighted by Crippen LogP contribution is -2.44. The maximum absolute atomic E-state index is 12.5. The van der Waals surface area contributed by atoms with E-state index in [2.05, 4.69) is 15.3 Å². The quantitative estimate of drug-likeness (QED) is 0.223. The van der Waals surface area contributed by atoms with Crippen LogP contribution in [0.4, 0.5) is 11.5 Å². The molecular weight excluding hydrogens is 494 g/mol. The lowest BCUT2D eigenvalue weighted by Gasteiger charge is -2.36. The Morgan fingerprint density at radius 1 is 0.974 bits per heavy atom. The molecule has 8 heteroatoms. The van der Waals surface area contributed by atoms with Crippen LogP contribution in [-0.2, 0) is 16.1 Å². The summed E-state index contributed by atoms with van der Waals surface area (Å²) >= 11 is 0. The van der Waals surface area contributed by atoms with Gasteiger partial charge in [-0.2, -0.15) is 0 Å². The van der Waals surface area contributed by atoms with E-state index < -0.39 is 5.97 Å². The van der Waals surface area contributed by atoms with Crippen molar-refractivity contribution in [1.29, 1.82) is 0 Å². The third kappa shape index (κ3) is 5.61. The Morgan fingerprint density at radius 2 is 1.79 bits per heavy atom. The van der Waals surface area contributed by atoms with Crippen molar-refractivity contribution in [2.75, 3.05) is 25.1 Å². The average molecular weight is 522 g/mol. The van der Waals surface area contributed by atoms with Gasteiger partial charge in [-0.05, 0) is 60.2 Å². The molecule has 0 amide bonds. The van der Waals surface area contributed by atoms with Crippen LogP contribution >= 0.6 is 0 Å². The Balaban J connectivity index is 1.16. The van der Waals surface area contributed by atoms with Crippen LogP contribution in [0, 0.1) is 5.41 Å². The van der Waals surface area contributed by atoms with Crippen molar-refractivity contribution in [3.63, 3.8) is 0 Å². The molecule has 1 N–H and O–H groups in total. The Kier molecular flexibility index (Phi) is 6.69. The maximum Gasteiger partial charge on any atom is 0.374 e. The number of furan rings is 1. The van der Waals surface area contributed by atoms with Crippen LogP contribution < -0.4 is 10.1 Å². The van der Waals surface area contributed by atoms with Gasteiger partial charge in [-0.1, -0.05) is 37.3 Å². The number of esters is 1. The predicted molar refractivity (Wildman–Crippen MR) is 147 cm³/mol. The van der Waals surface area contributed by atoms with Crippen molar-refractivity contribution in [2.45, 2.75) is 13.5 Å². The zero-order chi connectivity index (χ0) is 26.7. The Morgan fingerprint density at radius 3 is 2.56 bits per heavy atom. The van der Waals surface area contributed by atoms with Crippen LogP contribution in [0.15, 0.2) is 95.7 Å². The van der Waals surface area contributed by atoms with E-state index in [0.717, 1.165) is 33.5 Å². The Labute approximate surface area is 225 Å². The fourth-order valence-corrected chi connectivity index (χ4v) is 4.27. The topological polar surface area (TPSA) is 95.7 Å². The normalized spacial score (nSPS) is 14.0. The molecule has 1 fully saturated rings. The second kappa shape index (κ2) is 10.6. The third-order valence-electron chi connectivity index (χ3n) is 6.55. The molecule has 0 saturated carbocycles. The summed E-state index contributed by atoms with van der Waals surface area (Å²) in [6, 6.07) is 26.9. The van der Waals surface area contributed by atoms with Gasteiger partial charge < -0.3 is 23.9 Å². The van der Waals surface area contributed by atoms with Crippen molar-refractivity contribution in [3.05, 3.63) is 103 Å². The van der Waals surface area contributed by atoms with Gasteiger partial charge in [-0.3, -0.25) is 0 Å². The van der Waals surface area contributed by atoms with Gasteiger partial charge in [0.25, 0.3) is 0 Å². The fraction of sp³-hybridized carbons (Fsp3) is 0.194. The highest BCUT2D eigenvalue weighted by molar-refractivity contribution is 5.94. The van der Waals surface area contributed by atoms with Gasteiger partial charge in [-0.25, -0.2) is 14.8 Å². The van der Waals surface area contributed by atoms with Crippen LogP contribution in [0.1, 0.15) is 23.0 Å². The van der Waals surface area contributed by atoms with Crippen LogP contribution in [0.2, 0.25) is 0 Å². The number of carbonyl (C=O) groups excluding carboxylic acids is 1. The summed E-state index contributed by atoms with van der Waals surface area (Å²) in [5.41, 5.74) is 3.43. The molecule has 1 saturated heterocycles. The summed E-state index contributed by atoms with van der Waals surface area (Å²) in [5.74, 6) is 1.66. The molecular formula is C31H27N3O5. The molecule has 2 aromatic heterocycles. The zero-order valence-electron chi connectivity index (χ0n) is 21.4. The van der Waals surface area contributed by atoms with Gasteiger partial charge in [0.2, 0.25) is 5.76 Å². The van der Waals surface area contributed by atoms with E-state index in [1.165, 1.54) is 6.33 Å². The van der Waals surface area contributed by atoms with Crippen LogP contribution in [0.3, 0.4) is 0 Å². The van der Waals surface area contributed by atoms with E-state index in [1.54, 1.807) is 12.1 Å². The number of nitrogens with one attached hydrogen (secondary N) is 1. The van der Waals surface area contributed by atoms with Crippen molar-refractivity contribution in [1.82, 2.24) is 9.97 Å². The maximum atomic E-state index is 12.5. The van der Waals surface area contributed by atoms with Crippen molar-refractivity contribution >= 4 is 28.4 Å². The van der Waals surface area contributed by atoms with Crippen molar-refractivity contribution in [2.24, 2.45) is 5.41 Å². The van der Waals surface area contributed by atoms with E-state index in [-0.39, 0.29) is 11.2 Å². The van der Waals surface area contributed by atoms with Gasteiger partial charge in [0.15, 0.2) is 0 Å². The number of fused-ring (bicyclic) bond motifs is 1. The molecule has 6 rings (SSSR count). The molecule has 3 heterocycles. The summed E-state index contributed by atoms with van der Waals surface area (Å²) < 4.78 is 22.4. The Hall–Kier alpha value is -4.69. The lowest BCUT2D eigenvalue weighted by molar-refractivity contribution is -0.127. The monoisotopic (exact) mass is 521 g/mol. The minimum absolute atomic E-state index is 0.123. The first kappa shape index (κ1) is 24.6. The molecule has 0 bridgehead atoms. The first-order valence-corrected chi connectivity index (χ1v) is 12.7. The van der Waals surface area contributed by atoms with Crippen LogP contribution in [0.5, 0.6) is 5.75 Å². The summed E-state index contributed by atoms with van der Waals surface area (Å²) in [6.07, 6.45) is 1.52. The first-order valence-electron chi connectivity index (χ1n) is 12.7. The number of hydrogen-bond acceptors (Lipinski definition) is 8. The number of anilines is 2. The number of nitrogens with zero attached hydrogens (tertiary/aromatic N) is 2. The van der Waals surface area contributed by atoms with Gasteiger partial charge in [0, 0.05) is 22.1 Å². The number of hydrogen-bond donors (Lipinski definition) is 1. The molecule has 0 aliphatic carbocycles. The summed E-state index contributed by atoms with van der Waals surface area (Å²) in [7, 11) is 0. The number of carbonyl (C=O) groups is 1. The molecule has 3 aromatic carbocycles. The highest BCUT2D eigenvalue weighted by atomic mass is 16.6. The predicted octanol–water partition coefficient (Wildman–Crippen LogP) is 6.41. The number of rotatable bonds is 9. The van der Waals surface area contributed by atoms with E-state index in [9.17, 15) is 4.79 Å². The highest BCUT2D eigenvalue weighted by Gasteiger charge is 2.35. The van der Waals surface area contributed by atoms with Crippen LogP contribution in [-0.4, -0.2) is 35.8 Å². The standard InChI is InChI=1S/C31H27N3O5/c1-31(17-36-18-31)19-38-30(35)28-14-13-27(39-28)22-7-12-26-25(15-22)29(33-20-32-26)34-23-8-10-24(11-9-23)37-16-21-5-3-2-4-6-21/h2-15,20H,16-19H2,1H3,(H,32,33,34). The summed E-state index contributed by atoms with van der Waals surface area (Å²) in [4.78, 5) is 21.3. The highest BCUT2D eigenvalue weighted by Crippen LogP contribution is 2.31. The minimum atomic E-state index is -0.489. The molecule has 196 valence electrons. The molecule has 1 aliphatic heterocycles. The lowest BCUT2D eigenvalue weighted by atomic mass is 9.90. The number of benzene rings is 3. The van der Waals surface area contributed by atoms with Gasteiger partial charge in [0.05, 0.1) is 18.7 Å². The number of aromatic nitrogens is 2. The molecule has 8 nitrogen and oxygen atoms in total. The smallest absolute Gasteiger partial charge is 0.374 e. The SMILES string of the molecule is CC1(COC(=O)c2ccc(-c3ccc4ncnc(Nc5ccc(OCc6ccccc6)cc5)c4c3)o2)COC1. The second-order valence-electron chi connectivity index (χ2n) is 9.92. The largest absolute Gasteiger partial charge is 0.489 e.